The Kier molecular flexibility index (Phi) is 9.98. The zero-order valence-electron chi connectivity index (χ0n) is 13.8. The van der Waals surface area contributed by atoms with Crippen LogP contribution >= 0.6 is 0 Å². The number of benzene rings is 1. The summed E-state index contributed by atoms with van der Waals surface area (Å²) in [7, 11) is 0. The summed E-state index contributed by atoms with van der Waals surface area (Å²) < 4.78 is 5.94. The predicted octanol–water partition coefficient (Wildman–Crippen LogP) is 6.00. The van der Waals surface area contributed by atoms with Crippen molar-refractivity contribution in [2.45, 2.75) is 77.7 Å². The van der Waals surface area contributed by atoms with Gasteiger partial charge >= 0.3 is 0 Å². The number of phenols is 1. The molecule has 0 saturated heterocycles. The molecular formula is C19H32O2. The summed E-state index contributed by atoms with van der Waals surface area (Å²) in [6.45, 7) is 5.13. The molecule has 1 N–H and O–H groups in total. The Morgan fingerprint density at radius 1 is 0.905 bits per heavy atom. The van der Waals surface area contributed by atoms with Gasteiger partial charge in [-0.1, -0.05) is 77.0 Å². The first-order chi connectivity index (χ1) is 10.3. The van der Waals surface area contributed by atoms with Gasteiger partial charge in [-0.05, 0) is 18.9 Å². The van der Waals surface area contributed by atoms with Crippen LogP contribution in [0.15, 0.2) is 24.3 Å². The maximum Gasteiger partial charge on any atom is 0.121 e. The van der Waals surface area contributed by atoms with Gasteiger partial charge in [0, 0.05) is 12.2 Å². The molecule has 0 amide bonds. The van der Waals surface area contributed by atoms with Gasteiger partial charge in [0.15, 0.2) is 0 Å². The van der Waals surface area contributed by atoms with Crippen LogP contribution in [0.4, 0.5) is 0 Å². The van der Waals surface area contributed by atoms with E-state index in [0.717, 1.165) is 25.0 Å². The average Bonchev–Trinajstić information content (AvgIpc) is 2.50. The lowest BCUT2D eigenvalue weighted by molar-refractivity contribution is 0.0436. The topological polar surface area (TPSA) is 29.5 Å². The lowest BCUT2D eigenvalue weighted by Crippen LogP contribution is -2.06. The van der Waals surface area contributed by atoms with E-state index in [1.165, 1.54) is 44.9 Å². The van der Waals surface area contributed by atoms with E-state index in [0.29, 0.717) is 5.75 Å². The lowest BCUT2D eigenvalue weighted by atomic mass is 10.0. The minimum absolute atomic E-state index is 0.0433. The fourth-order valence-corrected chi connectivity index (χ4v) is 2.64. The maximum absolute atomic E-state index is 10.0. The van der Waals surface area contributed by atoms with E-state index in [9.17, 15) is 5.11 Å². The standard InChI is InChI=1S/C19H32O2/c1-3-5-6-7-8-9-10-15-19(21-16-4-2)17-13-11-12-14-18(17)20/h11-14,19-20H,3-10,15-16H2,1-2H3. The summed E-state index contributed by atoms with van der Waals surface area (Å²) in [5, 5.41) is 10.0. The molecule has 1 rings (SSSR count). The summed E-state index contributed by atoms with van der Waals surface area (Å²) in [6, 6.07) is 7.57. The van der Waals surface area contributed by atoms with Crippen LogP contribution in [0.25, 0.3) is 0 Å². The molecule has 0 spiro atoms. The summed E-state index contributed by atoms with van der Waals surface area (Å²) in [5.41, 5.74) is 0.942. The smallest absolute Gasteiger partial charge is 0.121 e. The van der Waals surface area contributed by atoms with Crippen LogP contribution in [-0.2, 0) is 4.74 Å². The molecule has 0 saturated carbocycles. The van der Waals surface area contributed by atoms with Gasteiger partial charge in [-0.2, -0.15) is 0 Å². The van der Waals surface area contributed by atoms with Crippen LogP contribution in [0.2, 0.25) is 0 Å². The highest BCUT2D eigenvalue weighted by molar-refractivity contribution is 5.33. The van der Waals surface area contributed by atoms with Crippen molar-refractivity contribution in [2.24, 2.45) is 0 Å². The van der Waals surface area contributed by atoms with Gasteiger partial charge < -0.3 is 9.84 Å². The van der Waals surface area contributed by atoms with Gasteiger partial charge in [0.25, 0.3) is 0 Å². The molecule has 0 aliphatic rings. The highest BCUT2D eigenvalue weighted by Crippen LogP contribution is 2.30. The minimum Gasteiger partial charge on any atom is -0.508 e. The van der Waals surface area contributed by atoms with Crippen LogP contribution in [-0.4, -0.2) is 11.7 Å². The number of ether oxygens (including phenoxy) is 1. The van der Waals surface area contributed by atoms with Gasteiger partial charge in [0.2, 0.25) is 0 Å². The Morgan fingerprint density at radius 2 is 1.57 bits per heavy atom. The third-order valence-electron chi connectivity index (χ3n) is 3.88. The molecule has 1 aromatic carbocycles. The molecule has 0 bridgehead atoms. The summed E-state index contributed by atoms with van der Waals surface area (Å²) in [6.07, 6.45) is 11.2. The number of rotatable bonds is 12. The third-order valence-corrected chi connectivity index (χ3v) is 3.88. The SMILES string of the molecule is CCCCCCCCCC(OCCC)c1ccccc1O. The van der Waals surface area contributed by atoms with Gasteiger partial charge in [0.05, 0.1) is 6.10 Å². The Balaban J connectivity index is 2.35. The fourth-order valence-electron chi connectivity index (χ4n) is 2.64. The molecule has 2 nitrogen and oxygen atoms in total. The zero-order valence-corrected chi connectivity index (χ0v) is 13.8. The quantitative estimate of drug-likeness (QED) is 0.479. The molecule has 1 aromatic rings. The maximum atomic E-state index is 10.0. The van der Waals surface area contributed by atoms with Crippen molar-refractivity contribution in [1.29, 1.82) is 0 Å². The number of unbranched alkanes of at least 4 members (excludes halogenated alkanes) is 6. The molecule has 2 heteroatoms. The molecule has 0 aromatic heterocycles. The lowest BCUT2D eigenvalue weighted by Gasteiger charge is -2.19. The van der Waals surface area contributed by atoms with Crippen molar-refractivity contribution in [1.82, 2.24) is 0 Å². The van der Waals surface area contributed by atoms with Crippen molar-refractivity contribution in [3.05, 3.63) is 29.8 Å². The van der Waals surface area contributed by atoms with E-state index >= 15 is 0 Å². The second-order valence-electron chi connectivity index (χ2n) is 5.83. The third kappa shape index (κ3) is 7.52. The number of hydrogen-bond donors (Lipinski definition) is 1. The molecule has 1 unspecified atom stereocenters. The first-order valence-electron chi connectivity index (χ1n) is 8.69. The van der Waals surface area contributed by atoms with Crippen molar-refractivity contribution in [2.75, 3.05) is 6.61 Å². The summed E-state index contributed by atoms with van der Waals surface area (Å²) >= 11 is 0. The van der Waals surface area contributed by atoms with Gasteiger partial charge in [0.1, 0.15) is 5.75 Å². The Bertz CT molecular complexity index is 362. The number of hydrogen-bond acceptors (Lipinski definition) is 2. The second kappa shape index (κ2) is 11.6. The van der Waals surface area contributed by atoms with Crippen LogP contribution in [0.1, 0.15) is 83.3 Å². The highest BCUT2D eigenvalue weighted by atomic mass is 16.5. The highest BCUT2D eigenvalue weighted by Gasteiger charge is 2.14. The van der Waals surface area contributed by atoms with Crippen LogP contribution in [0.3, 0.4) is 0 Å². The number of para-hydroxylation sites is 1. The van der Waals surface area contributed by atoms with E-state index in [1.807, 2.05) is 18.2 Å². The first kappa shape index (κ1) is 18.0. The van der Waals surface area contributed by atoms with Crippen molar-refractivity contribution in [3.63, 3.8) is 0 Å². The number of aromatic hydroxyl groups is 1. The van der Waals surface area contributed by atoms with Crippen LogP contribution in [0, 0.1) is 0 Å². The van der Waals surface area contributed by atoms with E-state index in [1.54, 1.807) is 6.07 Å². The Morgan fingerprint density at radius 3 is 2.24 bits per heavy atom. The van der Waals surface area contributed by atoms with E-state index in [-0.39, 0.29) is 6.10 Å². The Hall–Kier alpha value is -1.02. The van der Waals surface area contributed by atoms with Crippen LogP contribution in [0.5, 0.6) is 5.75 Å². The molecule has 0 fully saturated rings. The van der Waals surface area contributed by atoms with Gasteiger partial charge in [-0.15, -0.1) is 0 Å². The monoisotopic (exact) mass is 292 g/mol. The first-order valence-corrected chi connectivity index (χ1v) is 8.69. The Labute approximate surface area is 130 Å². The molecule has 0 aliphatic heterocycles. The molecule has 21 heavy (non-hydrogen) atoms. The normalized spacial score (nSPS) is 12.5. The molecule has 120 valence electrons. The zero-order chi connectivity index (χ0) is 15.3. The molecule has 1 atom stereocenters. The van der Waals surface area contributed by atoms with Crippen molar-refractivity contribution >= 4 is 0 Å². The van der Waals surface area contributed by atoms with Crippen molar-refractivity contribution < 1.29 is 9.84 Å². The van der Waals surface area contributed by atoms with E-state index < -0.39 is 0 Å². The fraction of sp³-hybridized carbons (Fsp3) is 0.684. The molecular weight excluding hydrogens is 260 g/mol. The molecule has 0 aliphatic carbocycles. The van der Waals surface area contributed by atoms with E-state index in [2.05, 4.69) is 13.8 Å². The van der Waals surface area contributed by atoms with Crippen LogP contribution < -0.4 is 0 Å². The second-order valence-corrected chi connectivity index (χ2v) is 5.83. The summed E-state index contributed by atoms with van der Waals surface area (Å²) in [4.78, 5) is 0. The van der Waals surface area contributed by atoms with Gasteiger partial charge in [-0.25, -0.2) is 0 Å². The molecule has 0 radical (unpaired) electrons. The summed E-state index contributed by atoms with van der Waals surface area (Å²) in [5.74, 6) is 0.363. The minimum atomic E-state index is 0.0433. The predicted molar refractivity (Wildman–Crippen MR) is 89.7 cm³/mol. The van der Waals surface area contributed by atoms with Crippen molar-refractivity contribution in [3.8, 4) is 5.75 Å². The number of phenolic OH excluding ortho intramolecular Hbond substituents is 1. The average molecular weight is 292 g/mol. The van der Waals surface area contributed by atoms with Gasteiger partial charge in [-0.3, -0.25) is 0 Å². The molecule has 0 heterocycles. The van der Waals surface area contributed by atoms with E-state index in [4.69, 9.17) is 4.74 Å². The largest absolute Gasteiger partial charge is 0.508 e.